The number of benzene rings is 1. The summed E-state index contributed by atoms with van der Waals surface area (Å²) in [6, 6.07) is 7.35. The minimum absolute atomic E-state index is 0.108. The Hall–Kier alpha value is -3.71. The molecule has 4 aromatic rings. The van der Waals surface area contributed by atoms with Crippen LogP contribution in [0.1, 0.15) is 69.2 Å². The van der Waals surface area contributed by atoms with E-state index >= 15 is 0 Å². The van der Waals surface area contributed by atoms with Gasteiger partial charge in [0.2, 0.25) is 10.0 Å². The quantitative estimate of drug-likeness (QED) is 0.329. The molecule has 41 heavy (non-hydrogen) atoms. The van der Waals surface area contributed by atoms with Crippen LogP contribution >= 0.6 is 0 Å². The average molecular weight is 583 g/mol. The lowest BCUT2D eigenvalue weighted by molar-refractivity contribution is 0.152. The minimum atomic E-state index is -3.31. The Morgan fingerprint density at radius 2 is 1.83 bits per heavy atom. The van der Waals surface area contributed by atoms with E-state index in [-0.39, 0.29) is 29.1 Å². The molecule has 5 rings (SSSR count). The summed E-state index contributed by atoms with van der Waals surface area (Å²) in [6.45, 7) is 8.64. The van der Waals surface area contributed by atoms with Gasteiger partial charge in [-0.25, -0.2) is 36.9 Å². The molecular weight excluding hydrogens is 550 g/mol. The number of rotatable bonds is 8. The van der Waals surface area contributed by atoms with Crippen molar-refractivity contribution in [2.75, 3.05) is 12.8 Å². The topological polar surface area (TPSA) is 128 Å². The standard InChI is InChI=1S/C28H32F2N8O2S/c1-6-17-15-27(2,3)28(4,25-18(17)14-21(35-36-25)24-19(29)8-7-9-20(24)30)22-10-12-31-26(34-22)38-16-32-23(37-38)11-13-33-41(5,39)40/h7-10,12,14,16-17,33H,6,11,13,15H2,1-5H3/t17-,28+/m1/s1. The molecule has 0 aliphatic heterocycles. The van der Waals surface area contributed by atoms with Crippen molar-refractivity contribution in [1.82, 2.24) is 39.7 Å². The molecule has 10 nitrogen and oxygen atoms in total. The van der Waals surface area contributed by atoms with Gasteiger partial charge in [-0.15, -0.1) is 10.2 Å². The number of nitrogens with zero attached hydrogens (tertiary/aromatic N) is 7. The second kappa shape index (κ2) is 10.6. The average Bonchev–Trinajstić information content (AvgIpc) is 3.39. The summed E-state index contributed by atoms with van der Waals surface area (Å²) in [5, 5.41) is 13.4. The summed E-state index contributed by atoms with van der Waals surface area (Å²) in [7, 11) is -3.31. The highest BCUT2D eigenvalue weighted by Gasteiger charge is 2.52. The first kappa shape index (κ1) is 28.8. The van der Waals surface area contributed by atoms with E-state index in [1.54, 1.807) is 12.3 Å². The van der Waals surface area contributed by atoms with Crippen molar-refractivity contribution in [2.24, 2.45) is 5.41 Å². The van der Waals surface area contributed by atoms with Gasteiger partial charge in [0, 0.05) is 19.2 Å². The fraction of sp³-hybridized carbons (Fsp3) is 0.429. The van der Waals surface area contributed by atoms with Gasteiger partial charge >= 0.3 is 0 Å². The van der Waals surface area contributed by atoms with E-state index in [0.29, 0.717) is 29.6 Å². The van der Waals surface area contributed by atoms with Crippen molar-refractivity contribution in [3.8, 4) is 17.2 Å². The molecule has 0 radical (unpaired) electrons. The number of halogens is 2. The highest BCUT2D eigenvalue weighted by Crippen LogP contribution is 2.56. The van der Waals surface area contributed by atoms with Crippen LogP contribution in [0.15, 0.2) is 42.9 Å². The molecule has 0 spiro atoms. The van der Waals surface area contributed by atoms with Crippen molar-refractivity contribution in [3.63, 3.8) is 0 Å². The molecule has 0 saturated carbocycles. The number of aromatic nitrogens is 7. The molecule has 0 bridgehead atoms. The predicted molar refractivity (Wildman–Crippen MR) is 149 cm³/mol. The van der Waals surface area contributed by atoms with E-state index in [4.69, 9.17) is 4.98 Å². The fourth-order valence-electron chi connectivity index (χ4n) is 5.65. The molecule has 0 amide bonds. The molecule has 1 aromatic carbocycles. The Morgan fingerprint density at radius 3 is 2.51 bits per heavy atom. The van der Waals surface area contributed by atoms with Crippen LogP contribution in [-0.4, -0.2) is 56.1 Å². The van der Waals surface area contributed by atoms with E-state index in [1.165, 1.54) is 29.2 Å². The van der Waals surface area contributed by atoms with Crippen LogP contribution < -0.4 is 4.72 Å². The largest absolute Gasteiger partial charge is 0.252 e. The minimum Gasteiger partial charge on any atom is -0.220 e. The molecule has 0 fully saturated rings. The molecule has 0 saturated heterocycles. The molecule has 1 aliphatic rings. The van der Waals surface area contributed by atoms with Gasteiger partial charge in [0.05, 0.1) is 34.3 Å². The molecule has 1 aliphatic carbocycles. The Labute approximate surface area is 237 Å². The van der Waals surface area contributed by atoms with E-state index in [9.17, 15) is 17.2 Å². The smallest absolute Gasteiger partial charge is 0.220 e. The summed E-state index contributed by atoms with van der Waals surface area (Å²) in [5.41, 5.74) is 1.20. The Balaban J connectivity index is 1.56. The zero-order valence-electron chi connectivity index (χ0n) is 23.6. The highest BCUT2D eigenvalue weighted by atomic mass is 32.2. The molecule has 1 N–H and O–H groups in total. The SMILES string of the molecule is CC[C@@H]1CC(C)(C)[C@@](C)(c2ccnc(-n3cnc(CCNS(C)(=O)=O)n3)n2)c2nnc(-c3c(F)cccc3F)cc21. The summed E-state index contributed by atoms with van der Waals surface area (Å²) in [5.74, 6) is -0.533. The third kappa shape index (κ3) is 5.35. The van der Waals surface area contributed by atoms with Gasteiger partial charge in [-0.3, -0.25) is 0 Å². The Bertz CT molecular complexity index is 1690. The van der Waals surface area contributed by atoms with Gasteiger partial charge in [0.1, 0.15) is 18.0 Å². The number of nitrogens with one attached hydrogen (secondary N) is 1. The van der Waals surface area contributed by atoms with Crippen molar-refractivity contribution >= 4 is 10.0 Å². The van der Waals surface area contributed by atoms with E-state index in [1.807, 2.05) is 6.07 Å². The summed E-state index contributed by atoms with van der Waals surface area (Å²) in [4.78, 5) is 13.5. The molecule has 13 heteroatoms. The lowest BCUT2D eigenvalue weighted by Gasteiger charge is -2.50. The van der Waals surface area contributed by atoms with E-state index in [0.717, 1.165) is 24.7 Å². The van der Waals surface area contributed by atoms with Gasteiger partial charge < -0.3 is 0 Å². The first-order chi connectivity index (χ1) is 19.3. The van der Waals surface area contributed by atoms with E-state index < -0.39 is 27.1 Å². The van der Waals surface area contributed by atoms with Crippen molar-refractivity contribution in [3.05, 3.63) is 77.3 Å². The Morgan fingerprint density at radius 1 is 1.10 bits per heavy atom. The molecule has 216 valence electrons. The lowest BCUT2D eigenvalue weighted by atomic mass is 9.54. The van der Waals surface area contributed by atoms with Crippen LogP contribution in [0, 0.1) is 17.0 Å². The maximum Gasteiger partial charge on any atom is 0.252 e. The van der Waals surface area contributed by atoms with Gasteiger partial charge in [-0.05, 0) is 60.9 Å². The summed E-state index contributed by atoms with van der Waals surface area (Å²) < 4.78 is 55.9. The van der Waals surface area contributed by atoms with Gasteiger partial charge in [0.25, 0.3) is 5.95 Å². The van der Waals surface area contributed by atoms with Crippen LogP contribution in [0.2, 0.25) is 0 Å². The number of hydrogen-bond donors (Lipinski definition) is 1. The zero-order valence-corrected chi connectivity index (χ0v) is 24.4. The molecule has 3 heterocycles. The highest BCUT2D eigenvalue weighted by molar-refractivity contribution is 7.88. The second-order valence-corrected chi connectivity index (χ2v) is 13.0. The van der Waals surface area contributed by atoms with Crippen LogP contribution in [-0.2, 0) is 21.9 Å². The second-order valence-electron chi connectivity index (χ2n) is 11.2. The van der Waals surface area contributed by atoms with Crippen LogP contribution in [0.25, 0.3) is 17.2 Å². The third-order valence-corrected chi connectivity index (χ3v) is 8.90. The third-order valence-electron chi connectivity index (χ3n) is 8.17. The number of sulfonamides is 1. The predicted octanol–water partition coefficient (Wildman–Crippen LogP) is 4.11. The number of hydrogen-bond acceptors (Lipinski definition) is 8. The fourth-order valence-corrected chi connectivity index (χ4v) is 6.12. The Kier molecular flexibility index (Phi) is 7.45. The summed E-state index contributed by atoms with van der Waals surface area (Å²) >= 11 is 0. The monoisotopic (exact) mass is 582 g/mol. The van der Waals surface area contributed by atoms with Gasteiger partial charge in [-0.1, -0.05) is 26.8 Å². The van der Waals surface area contributed by atoms with E-state index in [2.05, 4.69) is 57.7 Å². The molecule has 0 unspecified atom stereocenters. The van der Waals surface area contributed by atoms with Crippen LogP contribution in [0.5, 0.6) is 0 Å². The molecular formula is C28H32F2N8O2S. The van der Waals surface area contributed by atoms with Crippen LogP contribution in [0.3, 0.4) is 0 Å². The zero-order chi connectivity index (χ0) is 29.6. The first-order valence-electron chi connectivity index (χ1n) is 13.4. The first-order valence-corrected chi connectivity index (χ1v) is 15.2. The van der Waals surface area contributed by atoms with Crippen LogP contribution in [0.4, 0.5) is 8.78 Å². The normalized spacial score (nSPS) is 20.1. The van der Waals surface area contributed by atoms with Gasteiger partial charge in [0.15, 0.2) is 5.82 Å². The van der Waals surface area contributed by atoms with Crippen molar-refractivity contribution < 1.29 is 17.2 Å². The van der Waals surface area contributed by atoms with Gasteiger partial charge in [-0.2, -0.15) is 9.78 Å². The molecule has 3 aromatic heterocycles. The molecule has 2 atom stereocenters. The van der Waals surface area contributed by atoms with Crippen molar-refractivity contribution in [2.45, 2.75) is 58.3 Å². The summed E-state index contributed by atoms with van der Waals surface area (Å²) in [6.07, 6.45) is 6.14. The lowest BCUT2D eigenvalue weighted by Crippen LogP contribution is -2.47. The maximum absolute atomic E-state index is 14.6. The maximum atomic E-state index is 14.6. The van der Waals surface area contributed by atoms with Crippen molar-refractivity contribution in [1.29, 1.82) is 0 Å². The number of fused-ring (bicyclic) bond motifs is 1.